The summed E-state index contributed by atoms with van der Waals surface area (Å²) in [4.78, 5) is 12.9. The Hall–Kier alpha value is -1.39. The predicted molar refractivity (Wildman–Crippen MR) is 66.0 cm³/mol. The van der Waals surface area contributed by atoms with Crippen LogP contribution < -0.4 is 5.73 Å². The second-order valence-electron chi connectivity index (χ2n) is 4.81. The number of nitrogens with zero attached hydrogens (tertiary/aromatic N) is 1. The van der Waals surface area contributed by atoms with Gasteiger partial charge in [-0.3, -0.25) is 4.79 Å². The van der Waals surface area contributed by atoms with Gasteiger partial charge in [0.1, 0.15) is 6.04 Å². The maximum absolute atomic E-state index is 10.6. The van der Waals surface area contributed by atoms with Gasteiger partial charge < -0.3 is 15.7 Å². The van der Waals surface area contributed by atoms with E-state index >= 15 is 0 Å². The molecule has 1 unspecified atom stereocenters. The molecule has 0 amide bonds. The number of benzene rings is 1. The summed E-state index contributed by atoms with van der Waals surface area (Å²) in [5.41, 5.74) is 7.81. The molecule has 1 saturated heterocycles. The fourth-order valence-corrected chi connectivity index (χ4v) is 2.18. The van der Waals surface area contributed by atoms with Gasteiger partial charge in [-0.1, -0.05) is 24.3 Å². The highest BCUT2D eigenvalue weighted by Crippen LogP contribution is 2.25. The van der Waals surface area contributed by atoms with E-state index in [-0.39, 0.29) is 0 Å². The van der Waals surface area contributed by atoms with E-state index < -0.39 is 12.0 Å². The van der Waals surface area contributed by atoms with Gasteiger partial charge >= 0.3 is 5.97 Å². The van der Waals surface area contributed by atoms with Crippen LogP contribution in [-0.4, -0.2) is 42.2 Å². The normalized spacial score (nSPS) is 18.7. The molecule has 0 bridgehead atoms. The summed E-state index contributed by atoms with van der Waals surface area (Å²) >= 11 is 0. The standard InChI is InChI=1S/C13H18N2O2/c1-15-7-11(8-15)10-4-2-9(3-5-10)6-12(14)13(16)17/h2-5,11-12H,6-8,14H2,1H3,(H,16,17). The molecule has 0 saturated carbocycles. The van der Waals surface area contributed by atoms with Crippen LogP contribution in [0, 0.1) is 0 Å². The van der Waals surface area contributed by atoms with E-state index in [9.17, 15) is 4.79 Å². The monoisotopic (exact) mass is 234 g/mol. The Bertz CT molecular complexity index is 396. The van der Waals surface area contributed by atoms with Crippen molar-refractivity contribution in [1.82, 2.24) is 4.90 Å². The first-order valence-corrected chi connectivity index (χ1v) is 5.82. The van der Waals surface area contributed by atoms with Crippen molar-refractivity contribution in [2.24, 2.45) is 5.73 Å². The van der Waals surface area contributed by atoms with E-state index in [2.05, 4.69) is 24.1 Å². The van der Waals surface area contributed by atoms with E-state index in [1.54, 1.807) is 0 Å². The summed E-state index contributed by atoms with van der Waals surface area (Å²) in [6.45, 7) is 2.21. The summed E-state index contributed by atoms with van der Waals surface area (Å²) in [5, 5.41) is 8.73. The van der Waals surface area contributed by atoms with Gasteiger partial charge in [-0.15, -0.1) is 0 Å². The quantitative estimate of drug-likeness (QED) is 0.803. The van der Waals surface area contributed by atoms with Crippen molar-refractivity contribution in [2.45, 2.75) is 18.4 Å². The van der Waals surface area contributed by atoms with Crippen LogP contribution in [0.25, 0.3) is 0 Å². The van der Waals surface area contributed by atoms with E-state index in [1.165, 1.54) is 5.56 Å². The Kier molecular flexibility index (Phi) is 3.45. The Morgan fingerprint density at radius 3 is 2.53 bits per heavy atom. The van der Waals surface area contributed by atoms with Gasteiger partial charge in [-0.05, 0) is 24.6 Å². The Balaban J connectivity index is 1.96. The molecule has 1 aromatic rings. The summed E-state index contributed by atoms with van der Waals surface area (Å²) in [7, 11) is 2.11. The second kappa shape index (κ2) is 4.85. The summed E-state index contributed by atoms with van der Waals surface area (Å²) in [6, 6.07) is 7.33. The highest BCUT2D eigenvalue weighted by atomic mass is 16.4. The fraction of sp³-hybridized carbons (Fsp3) is 0.462. The predicted octanol–water partition coefficient (Wildman–Crippen LogP) is 0.670. The van der Waals surface area contributed by atoms with Gasteiger partial charge in [-0.25, -0.2) is 0 Å². The number of likely N-dealkylation sites (tertiary alicyclic amines) is 1. The number of carboxylic acid groups (broad SMARTS) is 1. The van der Waals surface area contributed by atoms with Gasteiger partial charge in [0.05, 0.1) is 0 Å². The van der Waals surface area contributed by atoms with E-state index in [0.717, 1.165) is 18.7 Å². The molecule has 0 radical (unpaired) electrons. The molecule has 3 N–H and O–H groups in total. The zero-order valence-electron chi connectivity index (χ0n) is 9.97. The fourth-order valence-electron chi connectivity index (χ4n) is 2.18. The Morgan fingerprint density at radius 2 is 2.06 bits per heavy atom. The first-order chi connectivity index (χ1) is 8.06. The number of carbonyl (C=O) groups is 1. The molecule has 17 heavy (non-hydrogen) atoms. The van der Waals surface area contributed by atoms with Crippen molar-refractivity contribution in [3.05, 3.63) is 35.4 Å². The molecule has 1 aliphatic heterocycles. The number of rotatable bonds is 4. The third-order valence-electron chi connectivity index (χ3n) is 3.29. The molecule has 1 heterocycles. The van der Waals surface area contributed by atoms with E-state index in [4.69, 9.17) is 10.8 Å². The molecule has 1 aromatic carbocycles. The minimum absolute atomic E-state index is 0.389. The summed E-state index contributed by atoms with van der Waals surface area (Å²) in [5.74, 6) is -0.322. The molecule has 1 aliphatic rings. The summed E-state index contributed by atoms with van der Waals surface area (Å²) in [6.07, 6.45) is 0.389. The third-order valence-corrected chi connectivity index (χ3v) is 3.29. The van der Waals surface area contributed by atoms with Crippen molar-refractivity contribution >= 4 is 5.97 Å². The van der Waals surface area contributed by atoms with Crippen LogP contribution in [0.1, 0.15) is 17.0 Å². The van der Waals surface area contributed by atoms with Crippen molar-refractivity contribution in [3.63, 3.8) is 0 Å². The molecule has 2 rings (SSSR count). The van der Waals surface area contributed by atoms with Crippen LogP contribution in [0.2, 0.25) is 0 Å². The highest BCUT2D eigenvalue weighted by molar-refractivity contribution is 5.73. The van der Waals surface area contributed by atoms with Crippen LogP contribution in [0.5, 0.6) is 0 Å². The van der Waals surface area contributed by atoms with Crippen LogP contribution >= 0.6 is 0 Å². The van der Waals surface area contributed by atoms with Crippen molar-refractivity contribution in [1.29, 1.82) is 0 Å². The maximum Gasteiger partial charge on any atom is 0.320 e. The SMILES string of the molecule is CN1CC(c2ccc(CC(N)C(=O)O)cc2)C1. The van der Waals surface area contributed by atoms with Gasteiger partial charge in [0.25, 0.3) is 0 Å². The molecule has 4 nitrogen and oxygen atoms in total. The number of aliphatic carboxylic acids is 1. The van der Waals surface area contributed by atoms with Crippen LogP contribution in [-0.2, 0) is 11.2 Å². The average Bonchev–Trinajstić information content (AvgIpc) is 2.26. The molecular weight excluding hydrogens is 216 g/mol. The highest BCUT2D eigenvalue weighted by Gasteiger charge is 2.24. The van der Waals surface area contributed by atoms with Crippen molar-refractivity contribution < 1.29 is 9.90 Å². The number of likely N-dealkylation sites (N-methyl/N-ethyl adjacent to an activating group) is 1. The first-order valence-electron chi connectivity index (χ1n) is 5.82. The summed E-state index contributed by atoms with van der Waals surface area (Å²) < 4.78 is 0. The zero-order valence-corrected chi connectivity index (χ0v) is 9.97. The average molecular weight is 234 g/mol. The zero-order chi connectivity index (χ0) is 12.4. The second-order valence-corrected chi connectivity index (χ2v) is 4.81. The lowest BCUT2D eigenvalue weighted by Crippen LogP contribution is -2.41. The minimum atomic E-state index is -0.949. The van der Waals surface area contributed by atoms with E-state index in [1.807, 2.05) is 12.1 Å². The largest absolute Gasteiger partial charge is 0.480 e. The maximum atomic E-state index is 10.6. The van der Waals surface area contributed by atoms with Gasteiger partial charge in [0.2, 0.25) is 0 Å². The number of hydrogen-bond donors (Lipinski definition) is 2. The molecular formula is C13H18N2O2. The molecule has 1 atom stereocenters. The van der Waals surface area contributed by atoms with Crippen molar-refractivity contribution in [2.75, 3.05) is 20.1 Å². The number of hydrogen-bond acceptors (Lipinski definition) is 3. The minimum Gasteiger partial charge on any atom is -0.480 e. The molecule has 0 spiro atoms. The Labute approximate surface area is 101 Å². The molecule has 1 fully saturated rings. The van der Waals surface area contributed by atoms with Gasteiger partial charge in [-0.2, -0.15) is 0 Å². The lowest BCUT2D eigenvalue weighted by molar-refractivity contribution is -0.138. The van der Waals surface area contributed by atoms with Gasteiger partial charge in [0, 0.05) is 19.0 Å². The van der Waals surface area contributed by atoms with Crippen LogP contribution in [0.15, 0.2) is 24.3 Å². The lowest BCUT2D eigenvalue weighted by atomic mass is 9.91. The lowest BCUT2D eigenvalue weighted by Gasteiger charge is -2.36. The molecule has 92 valence electrons. The number of carboxylic acids is 1. The van der Waals surface area contributed by atoms with E-state index in [0.29, 0.717) is 12.3 Å². The molecule has 0 aliphatic carbocycles. The molecule has 4 heteroatoms. The van der Waals surface area contributed by atoms with Crippen LogP contribution in [0.4, 0.5) is 0 Å². The first kappa shape index (κ1) is 12.1. The molecule has 0 aromatic heterocycles. The smallest absolute Gasteiger partial charge is 0.320 e. The van der Waals surface area contributed by atoms with Crippen LogP contribution in [0.3, 0.4) is 0 Å². The topological polar surface area (TPSA) is 66.6 Å². The van der Waals surface area contributed by atoms with Crippen molar-refractivity contribution in [3.8, 4) is 0 Å². The van der Waals surface area contributed by atoms with Gasteiger partial charge in [0.15, 0.2) is 0 Å². The Morgan fingerprint density at radius 1 is 1.47 bits per heavy atom. The number of nitrogens with two attached hydrogens (primary N) is 1. The third kappa shape index (κ3) is 2.84.